The molecule has 0 N–H and O–H groups in total. The molecule has 4 nitrogen and oxygen atoms in total. The first-order chi connectivity index (χ1) is 28.7. The summed E-state index contributed by atoms with van der Waals surface area (Å²) in [6.07, 6.45) is 0. The van der Waals surface area contributed by atoms with Crippen LogP contribution < -0.4 is 0 Å². The summed E-state index contributed by atoms with van der Waals surface area (Å²) in [5, 5.41) is 2.31. The molecule has 11 rings (SSSR count). The monoisotopic (exact) mass is 738 g/mol. The quantitative estimate of drug-likeness (QED) is 0.159. The van der Waals surface area contributed by atoms with Crippen molar-refractivity contribution < 1.29 is 0 Å². The van der Waals surface area contributed by atoms with E-state index in [4.69, 9.17) is 16.5 Å². The highest BCUT2D eigenvalue weighted by Crippen LogP contribution is 2.49. The molecule has 1 aliphatic carbocycles. The zero-order valence-corrected chi connectivity index (χ0v) is 31.4. The van der Waals surface area contributed by atoms with E-state index < -0.39 is 0 Å². The van der Waals surface area contributed by atoms with Gasteiger partial charge in [0.2, 0.25) is 5.95 Å². The number of hydrogen-bond acceptors (Lipinski definition) is 2. The minimum atomic E-state index is 0.211. The summed E-state index contributed by atoms with van der Waals surface area (Å²) < 4.78 is 2.23. The molecule has 0 fully saturated rings. The summed E-state index contributed by atoms with van der Waals surface area (Å²) in [5.74, 6) is 0.829. The third-order valence-electron chi connectivity index (χ3n) is 11.6. The smallest absolute Gasteiger partial charge is 0.235 e. The van der Waals surface area contributed by atoms with Crippen LogP contribution in [0.3, 0.4) is 0 Å². The molecule has 0 aliphatic heterocycles. The molecule has 270 valence electrons. The second kappa shape index (κ2) is 13.7. The SMILES string of the molecule is [C-]#[N+]c1ccc(-c2ccc(-c3cc(-c4ccccc4)nc(-n4c5ccccc5c5ccc(-c6ccc7c(c6)-c6ccccc6C7c6ccccc6)cc54)n3)cc2)cc1. The Kier molecular flexibility index (Phi) is 7.91. The highest BCUT2D eigenvalue weighted by Gasteiger charge is 2.30. The van der Waals surface area contributed by atoms with Gasteiger partial charge < -0.3 is 0 Å². The fraction of sp³-hybridized carbons (Fsp3) is 0.0185. The molecule has 0 bridgehead atoms. The van der Waals surface area contributed by atoms with Gasteiger partial charge >= 0.3 is 0 Å². The Labute approximate surface area is 336 Å². The summed E-state index contributed by atoms with van der Waals surface area (Å²) in [4.78, 5) is 14.2. The summed E-state index contributed by atoms with van der Waals surface area (Å²) in [6.45, 7) is 7.32. The lowest BCUT2D eigenvalue weighted by Gasteiger charge is -2.15. The van der Waals surface area contributed by atoms with Crippen molar-refractivity contribution in [1.82, 2.24) is 14.5 Å². The Hall–Kier alpha value is -7.87. The molecule has 0 amide bonds. The van der Waals surface area contributed by atoms with E-state index >= 15 is 0 Å². The van der Waals surface area contributed by atoms with Crippen molar-refractivity contribution in [2.45, 2.75) is 5.92 Å². The Morgan fingerprint density at radius 3 is 1.72 bits per heavy atom. The maximum atomic E-state index is 7.32. The third kappa shape index (κ3) is 5.60. The number of nitrogens with zero attached hydrogens (tertiary/aromatic N) is 4. The van der Waals surface area contributed by atoms with Gasteiger partial charge in [-0.3, -0.25) is 4.57 Å². The molecule has 2 heterocycles. The molecule has 4 heteroatoms. The molecular weight excluding hydrogens is 705 g/mol. The summed E-state index contributed by atoms with van der Waals surface area (Å²) in [7, 11) is 0. The van der Waals surface area contributed by atoms with Crippen LogP contribution >= 0.6 is 0 Å². The zero-order chi connectivity index (χ0) is 38.6. The molecule has 1 aliphatic rings. The first-order valence-electron chi connectivity index (χ1n) is 19.6. The molecule has 1 unspecified atom stereocenters. The summed E-state index contributed by atoms with van der Waals surface area (Å²) >= 11 is 0. The van der Waals surface area contributed by atoms with Gasteiger partial charge in [0.05, 0.1) is 29.0 Å². The molecule has 0 spiro atoms. The van der Waals surface area contributed by atoms with Crippen LogP contribution in [0.4, 0.5) is 5.69 Å². The predicted octanol–water partition coefficient (Wildman–Crippen LogP) is 14.0. The third-order valence-corrected chi connectivity index (χ3v) is 11.6. The van der Waals surface area contributed by atoms with Crippen LogP contribution in [0.25, 0.3) is 88.5 Å². The minimum Gasteiger partial charge on any atom is -0.278 e. The van der Waals surface area contributed by atoms with Crippen LogP contribution in [-0.4, -0.2) is 14.5 Å². The fourth-order valence-electron chi connectivity index (χ4n) is 8.75. The summed E-state index contributed by atoms with van der Waals surface area (Å²) in [6, 6.07) is 70.6. The zero-order valence-electron chi connectivity index (χ0n) is 31.4. The number of benzene rings is 8. The van der Waals surface area contributed by atoms with E-state index in [9.17, 15) is 0 Å². The van der Waals surface area contributed by atoms with Gasteiger partial charge in [0.1, 0.15) is 0 Å². The van der Waals surface area contributed by atoms with Crippen molar-refractivity contribution in [3.63, 3.8) is 0 Å². The average molecular weight is 739 g/mol. The van der Waals surface area contributed by atoms with Gasteiger partial charge in [0.25, 0.3) is 0 Å². The molecule has 0 saturated carbocycles. The van der Waals surface area contributed by atoms with Crippen LogP contribution in [0, 0.1) is 6.57 Å². The van der Waals surface area contributed by atoms with Gasteiger partial charge in [-0.25, -0.2) is 14.8 Å². The molecular formula is C54H34N4. The number of rotatable bonds is 6. The van der Waals surface area contributed by atoms with Crippen molar-refractivity contribution in [3.05, 3.63) is 228 Å². The molecule has 2 aromatic heterocycles. The Balaban J connectivity index is 1.07. The maximum absolute atomic E-state index is 7.32. The number of hydrogen-bond donors (Lipinski definition) is 0. The lowest BCUT2D eigenvalue weighted by Crippen LogP contribution is -2.04. The van der Waals surface area contributed by atoms with E-state index in [1.54, 1.807) is 0 Å². The fourth-order valence-corrected chi connectivity index (χ4v) is 8.75. The van der Waals surface area contributed by atoms with Gasteiger partial charge in [0.15, 0.2) is 5.69 Å². The van der Waals surface area contributed by atoms with Crippen LogP contribution in [-0.2, 0) is 0 Å². The van der Waals surface area contributed by atoms with Gasteiger partial charge in [-0.15, -0.1) is 0 Å². The minimum absolute atomic E-state index is 0.211. The van der Waals surface area contributed by atoms with E-state index in [2.05, 4.69) is 179 Å². The van der Waals surface area contributed by atoms with E-state index in [1.165, 1.54) is 33.4 Å². The largest absolute Gasteiger partial charge is 0.278 e. The van der Waals surface area contributed by atoms with Crippen LogP contribution in [0.5, 0.6) is 0 Å². The van der Waals surface area contributed by atoms with Crippen molar-refractivity contribution in [2.24, 2.45) is 0 Å². The normalized spacial score (nSPS) is 13.0. The molecule has 58 heavy (non-hydrogen) atoms. The first-order valence-corrected chi connectivity index (χ1v) is 19.6. The van der Waals surface area contributed by atoms with Crippen molar-refractivity contribution in [3.8, 4) is 61.8 Å². The first kappa shape index (κ1) is 33.5. The van der Waals surface area contributed by atoms with E-state index in [-0.39, 0.29) is 5.92 Å². The molecule has 1 atom stereocenters. The Morgan fingerprint density at radius 1 is 0.414 bits per heavy atom. The average Bonchev–Trinajstić information content (AvgIpc) is 3.82. The maximum Gasteiger partial charge on any atom is 0.235 e. The molecule has 10 aromatic rings. The number of fused-ring (bicyclic) bond motifs is 6. The molecule has 0 saturated heterocycles. The second-order valence-electron chi connectivity index (χ2n) is 14.9. The van der Waals surface area contributed by atoms with Crippen LogP contribution in [0.2, 0.25) is 0 Å². The van der Waals surface area contributed by atoms with Crippen LogP contribution in [0.1, 0.15) is 22.6 Å². The van der Waals surface area contributed by atoms with Gasteiger partial charge in [-0.1, -0.05) is 176 Å². The Bertz CT molecular complexity index is 3210. The van der Waals surface area contributed by atoms with Gasteiger partial charge in [-0.05, 0) is 74.3 Å². The molecule has 8 aromatic carbocycles. The van der Waals surface area contributed by atoms with E-state index in [1.807, 2.05) is 30.3 Å². The van der Waals surface area contributed by atoms with E-state index in [0.717, 1.165) is 61.0 Å². The van der Waals surface area contributed by atoms with Gasteiger partial charge in [0, 0.05) is 27.8 Å². The summed E-state index contributed by atoms with van der Waals surface area (Å²) in [5.41, 5.74) is 17.5. The molecule has 0 radical (unpaired) electrons. The highest BCUT2D eigenvalue weighted by molar-refractivity contribution is 6.10. The van der Waals surface area contributed by atoms with Crippen molar-refractivity contribution in [1.29, 1.82) is 0 Å². The number of aromatic nitrogens is 3. The standard InChI is InChI=1S/C54H34N4/c1-55-42-28-24-36(25-29-42)35-20-22-38(23-21-35)50-34-49(37-12-4-2-5-13-37)56-54(57-50)58-51-19-11-10-17-44(51)45-30-26-41(33-52(45)58)40-27-31-47-48(32-40)43-16-8-9-18-46(43)53(47)39-14-6-3-7-15-39/h2-34,53H. The predicted molar refractivity (Wildman–Crippen MR) is 237 cm³/mol. The topological polar surface area (TPSA) is 35.1 Å². The van der Waals surface area contributed by atoms with Crippen molar-refractivity contribution >= 4 is 27.5 Å². The van der Waals surface area contributed by atoms with E-state index in [0.29, 0.717) is 11.6 Å². The lowest BCUT2D eigenvalue weighted by atomic mass is 9.89. The highest BCUT2D eigenvalue weighted by atomic mass is 15.2. The number of para-hydroxylation sites is 1. The van der Waals surface area contributed by atoms with Crippen LogP contribution in [0.15, 0.2) is 200 Å². The van der Waals surface area contributed by atoms with Crippen molar-refractivity contribution in [2.75, 3.05) is 0 Å². The Morgan fingerprint density at radius 2 is 0.966 bits per heavy atom. The lowest BCUT2D eigenvalue weighted by molar-refractivity contribution is 0.996. The van der Waals surface area contributed by atoms with Gasteiger partial charge in [-0.2, -0.15) is 0 Å². The second-order valence-corrected chi connectivity index (χ2v) is 14.9.